The highest BCUT2D eigenvalue weighted by Crippen LogP contribution is 2.26. The Morgan fingerprint density at radius 2 is 2.12 bits per heavy atom. The standard InChI is InChI=1S/C12H11N3O2/c1-6-4-7(2)14-11-8(6)9-10(17-11)12(16)15(3)5-13-9/h4-5H,1-3H3. The molecule has 0 aromatic carbocycles. The molecule has 17 heavy (non-hydrogen) atoms. The maximum Gasteiger partial charge on any atom is 0.296 e. The monoisotopic (exact) mass is 229 g/mol. The molecular formula is C12H11N3O2. The quantitative estimate of drug-likeness (QED) is 0.588. The Bertz CT molecular complexity index is 799. The van der Waals surface area contributed by atoms with Crippen molar-refractivity contribution in [2.45, 2.75) is 13.8 Å². The summed E-state index contributed by atoms with van der Waals surface area (Å²) >= 11 is 0. The van der Waals surface area contributed by atoms with Crippen molar-refractivity contribution in [2.24, 2.45) is 7.05 Å². The molecular weight excluding hydrogens is 218 g/mol. The number of hydrogen-bond donors (Lipinski definition) is 0. The molecule has 0 bridgehead atoms. The van der Waals surface area contributed by atoms with E-state index >= 15 is 0 Å². The minimum Gasteiger partial charge on any atom is -0.430 e. The molecule has 5 nitrogen and oxygen atoms in total. The van der Waals surface area contributed by atoms with E-state index in [1.807, 2.05) is 19.9 Å². The smallest absolute Gasteiger partial charge is 0.296 e. The van der Waals surface area contributed by atoms with Gasteiger partial charge in [-0.15, -0.1) is 0 Å². The lowest BCUT2D eigenvalue weighted by Gasteiger charge is -1.96. The van der Waals surface area contributed by atoms with Crippen molar-refractivity contribution in [3.63, 3.8) is 0 Å². The van der Waals surface area contributed by atoms with Gasteiger partial charge in [0, 0.05) is 12.7 Å². The first-order valence-corrected chi connectivity index (χ1v) is 5.30. The van der Waals surface area contributed by atoms with E-state index < -0.39 is 0 Å². The number of fused-ring (bicyclic) bond motifs is 3. The molecule has 0 aliphatic heterocycles. The van der Waals surface area contributed by atoms with Crippen LogP contribution < -0.4 is 5.56 Å². The lowest BCUT2D eigenvalue weighted by Crippen LogP contribution is -2.15. The molecule has 3 aromatic rings. The number of nitrogens with zero attached hydrogens (tertiary/aromatic N) is 3. The van der Waals surface area contributed by atoms with E-state index in [2.05, 4.69) is 9.97 Å². The van der Waals surface area contributed by atoms with Crippen LogP contribution in [-0.2, 0) is 7.05 Å². The van der Waals surface area contributed by atoms with Crippen LogP contribution in [0.4, 0.5) is 0 Å². The molecule has 3 heterocycles. The summed E-state index contributed by atoms with van der Waals surface area (Å²) in [7, 11) is 1.65. The molecule has 0 fully saturated rings. The van der Waals surface area contributed by atoms with Gasteiger partial charge in [-0.3, -0.25) is 9.36 Å². The zero-order chi connectivity index (χ0) is 12.2. The second kappa shape index (κ2) is 3.16. The van der Waals surface area contributed by atoms with Gasteiger partial charge in [0.2, 0.25) is 11.3 Å². The van der Waals surface area contributed by atoms with E-state index in [-0.39, 0.29) is 11.1 Å². The highest BCUT2D eigenvalue weighted by atomic mass is 16.3. The first-order chi connectivity index (χ1) is 8.08. The van der Waals surface area contributed by atoms with Crippen LogP contribution in [-0.4, -0.2) is 14.5 Å². The zero-order valence-corrected chi connectivity index (χ0v) is 9.81. The van der Waals surface area contributed by atoms with Crippen molar-refractivity contribution in [2.75, 3.05) is 0 Å². The summed E-state index contributed by atoms with van der Waals surface area (Å²) in [5, 5.41) is 0.822. The van der Waals surface area contributed by atoms with Crippen LogP contribution >= 0.6 is 0 Å². The minimum atomic E-state index is -0.190. The van der Waals surface area contributed by atoms with Gasteiger partial charge in [-0.1, -0.05) is 0 Å². The van der Waals surface area contributed by atoms with Crippen molar-refractivity contribution >= 4 is 22.2 Å². The van der Waals surface area contributed by atoms with Crippen molar-refractivity contribution in [3.05, 3.63) is 34.0 Å². The van der Waals surface area contributed by atoms with Crippen LogP contribution in [0.1, 0.15) is 11.3 Å². The van der Waals surface area contributed by atoms with E-state index in [4.69, 9.17) is 4.42 Å². The first kappa shape index (κ1) is 10.0. The van der Waals surface area contributed by atoms with E-state index in [1.54, 1.807) is 7.05 Å². The van der Waals surface area contributed by atoms with Gasteiger partial charge in [0.05, 0.1) is 11.7 Å². The highest BCUT2D eigenvalue weighted by Gasteiger charge is 2.15. The summed E-state index contributed by atoms with van der Waals surface area (Å²) in [5.41, 5.74) is 3.04. The second-order valence-corrected chi connectivity index (χ2v) is 4.20. The van der Waals surface area contributed by atoms with Crippen LogP contribution in [0.25, 0.3) is 22.2 Å². The molecule has 5 heteroatoms. The predicted molar refractivity (Wildman–Crippen MR) is 64.0 cm³/mol. The summed E-state index contributed by atoms with van der Waals surface area (Å²) in [5.74, 6) is 0. The van der Waals surface area contributed by atoms with E-state index in [9.17, 15) is 4.79 Å². The summed E-state index contributed by atoms with van der Waals surface area (Å²) in [6.45, 7) is 3.86. The number of aromatic nitrogens is 3. The molecule has 0 aliphatic rings. The number of aryl methyl sites for hydroxylation is 3. The second-order valence-electron chi connectivity index (χ2n) is 4.20. The fourth-order valence-corrected chi connectivity index (χ4v) is 2.05. The fraction of sp³-hybridized carbons (Fsp3) is 0.250. The number of rotatable bonds is 0. The van der Waals surface area contributed by atoms with E-state index in [1.165, 1.54) is 10.9 Å². The molecule has 0 unspecified atom stereocenters. The maximum absolute atomic E-state index is 11.9. The molecule has 3 aromatic heterocycles. The summed E-state index contributed by atoms with van der Waals surface area (Å²) in [4.78, 5) is 20.4. The molecule has 3 rings (SSSR count). The Labute approximate surface area is 96.7 Å². The average Bonchev–Trinajstić information content (AvgIpc) is 2.62. The van der Waals surface area contributed by atoms with Gasteiger partial charge in [-0.05, 0) is 25.5 Å². The summed E-state index contributed by atoms with van der Waals surface area (Å²) in [6.07, 6.45) is 1.50. The number of hydrogen-bond acceptors (Lipinski definition) is 4. The molecule has 0 saturated heterocycles. The minimum absolute atomic E-state index is 0.190. The SMILES string of the molecule is Cc1cc(C)c2c(n1)oc1c(=O)n(C)cnc12. The zero-order valence-electron chi connectivity index (χ0n) is 9.81. The van der Waals surface area contributed by atoms with Gasteiger partial charge in [-0.2, -0.15) is 0 Å². The third-order valence-electron chi connectivity index (χ3n) is 2.84. The van der Waals surface area contributed by atoms with Gasteiger partial charge < -0.3 is 4.42 Å². The lowest BCUT2D eigenvalue weighted by atomic mass is 10.1. The number of pyridine rings is 1. The van der Waals surface area contributed by atoms with E-state index in [0.717, 1.165) is 16.6 Å². The maximum atomic E-state index is 11.9. The Balaban J connectivity index is 2.64. The normalized spacial score (nSPS) is 11.5. The molecule has 0 saturated carbocycles. The van der Waals surface area contributed by atoms with Crippen LogP contribution in [0.2, 0.25) is 0 Å². The molecule has 0 amide bonds. The summed E-state index contributed by atoms with van der Waals surface area (Å²) < 4.78 is 6.91. The van der Waals surface area contributed by atoms with Gasteiger partial charge >= 0.3 is 0 Å². The van der Waals surface area contributed by atoms with Gasteiger partial charge in [0.1, 0.15) is 5.52 Å². The predicted octanol–water partition coefficient (Wildman–Crippen LogP) is 1.69. The van der Waals surface area contributed by atoms with Gasteiger partial charge in [0.25, 0.3) is 5.56 Å². The van der Waals surface area contributed by atoms with Crippen molar-refractivity contribution < 1.29 is 4.42 Å². The molecule has 86 valence electrons. The van der Waals surface area contributed by atoms with Crippen LogP contribution in [0.15, 0.2) is 21.6 Å². The van der Waals surface area contributed by atoms with Crippen molar-refractivity contribution in [1.82, 2.24) is 14.5 Å². The molecule has 0 spiro atoms. The fourth-order valence-electron chi connectivity index (χ4n) is 2.05. The Kier molecular flexibility index (Phi) is 1.86. The average molecular weight is 229 g/mol. The molecule has 0 N–H and O–H groups in total. The third kappa shape index (κ3) is 1.28. The molecule has 0 aliphatic carbocycles. The Hall–Kier alpha value is -2.17. The lowest BCUT2D eigenvalue weighted by molar-refractivity contribution is 0.637. The molecule has 0 atom stereocenters. The summed E-state index contributed by atoms with van der Waals surface area (Å²) in [6, 6.07) is 1.95. The van der Waals surface area contributed by atoms with Crippen LogP contribution in [0.5, 0.6) is 0 Å². The topological polar surface area (TPSA) is 60.9 Å². The van der Waals surface area contributed by atoms with Crippen molar-refractivity contribution in [1.29, 1.82) is 0 Å². The third-order valence-corrected chi connectivity index (χ3v) is 2.84. The van der Waals surface area contributed by atoms with Gasteiger partial charge in [-0.25, -0.2) is 9.97 Å². The van der Waals surface area contributed by atoms with Crippen LogP contribution in [0.3, 0.4) is 0 Å². The Morgan fingerprint density at radius 3 is 2.88 bits per heavy atom. The van der Waals surface area contributed by atoms with Crippen molar-refractivity contribution in [3.8, 4) is 0 Å². The highest BCUT2D eigenvalue weighted by molar-refractivity contribution is 6.02. The van der Waals surface area contributed by atoms with E-state index in [0.29, 0.717) is 11.2 Å². The number of furan rings is 1. The Morgan fingerprint density at radius 1 is 1.35 bits per heavy atom. The largest absolute Gasteiger partial charge is 0.430 e. The van der Waals surface area contributed by atoms with Gasteiger partial charge in [0.15, 0.2) is 0 Å². The molecule has 0 radical (unpaired) electrons. The first-order valence-electron chi connectivity index (χ1n) is 5.30. The van der Waals surface area contributed by atoms with Crippen LogP contribution in [0, 0.1) is 13.8 Å².